The van der Waals surface area contributed by atoms with Gasteiger partial charge in [0.2, 0.25) is 0 Å². The zero-order chi connectivity index (χ0) is 10.9. The van der Waals surface area contributed by atoms with Crippen LogP contribution >= 0.6 is 11.3 Å². The van der Waals surface area contributed by atoms with Gasteiger partial charge in [-0.25, -0.2) is 8.42 Å². The van der Waals surface area contributed by atoms with Crippen LogP contribution in [-0.2, 0) is 10.0 Å². The molecule has 1 saturated heterocycles. The third kappa shape index (κ3) is 1.94. The van der Waals surface area contributed by atoms with Crippen molar-refractivity contribution in [2.24, 2.45) is 5.73 Å². The molecule has 15 heavy (non-hydrogen) atoms. The van der Waals surface area contributed by atoms with Gasteiger partial charge in [-0.1, -0.05) is 6.07 Å². The largest absolute Gasteiger partial charge is 0.329 e. The van der Waals surface area contributed by atoms with Crippen molar-refractivity contribution in [1.29, 1.82) is 0 Å². The maximum absolute atomic E-state index is 12.1. The van der Waals surface area contributed by atoms with Crippen LogP contribution in [0.4, 0.5) is 0 Å². The lowest BCUT2D eigenvalue weighted by Gasteiger charge is -2.21. The van der Waals surface area contributed by atoms with Crippen molar-refractivity contribution in [1.82, 2.24) is 4.31 Å². The summed E-state index contributed by atoms with van der Waals surface area (Å²) < 4.78 is 26.3. The van der Waals surface area contributed by atoms with Crippen LogP contribution in [0.5, 0.6) is 0 Å². The first-order chi connectivity index (χ1) is 7.16. The van der Waals surface area contributed by atoms with E-state index in [2.05, 4.69) is 0 Å². The summed E-state index contributed by atoms with van der Waals surface area (Å²) in [5, 5.41) is 1.78. The zero-order valence-corrected chi connectivity index (χ0v) is 9.93. The van der Waals surface area contributed by atoms with Gasteiger partial charge in [0.15, 0.2) is 0 Å². The minimum absolute atomic E-state index is 0.0166. The normalized spacial score (nSPS) is 23.4. The fourth-order valence-electron chi connectivity index (χ4n) is 1.89. The summed E-state index contributed by atoms with van der Waals surface area (Å²) in [5.74, 6) is 0. The van der Waals surface area contributed by atoms with Gasteiger partial charge in [-0.2, -0.15) is 4.31 Å². The maximum Gasteiger partial charge on any atom is 0.252 e. The molecule has 0 spiro atoms. The molecule has 0 amide bonds. The minimum Gasteiger partial charge on any atom is -0.329 e. The second-order valence-corrected chi connectivity index (χ2v) is 6.64. The molecule has 0 aromatic carbocycles. The van der Waals surface area contributed by atoms with E-state index < -0.39 is 10.0 Å². The van der Waals surface area contributed by atoms with E-state index in [1.807, 2.05) is 0 Å². The van der Waals surface area contributed by atoms with Crippen LogP contribution in [0.2, 0.25) is 0 Å². The van der Waals surface area contributed by atoms with E-state index in [0.29, 0.717) is 17.3 Å². The van der Waals surface area contributed by atoms with Crippen LogP contribution in [0.1, 0.15) is 12.8 Å². The van der Waals surface area contributed by atoms with Gasteiger partial charge in [-0.15, -0.1) is 11.3 Å². The Hall–Kier alpha value is -0.430. The fourth-order valence-corrected chi connectivity index (χ4v) is 4.71. The van der Waals surface area contributed by atoms with Crippen LogP contribution in [0.25, 0.3) is 0 Å². The smallest absolute Gasteiger partial charge is 0.252 e. The molecule has 0 radical (unpaired) electrons. The monoisotopic (exact) mass is 246 g/mol. The Balaban J connectivity index is 2.30. The van der Waals surface area contributed by atoms with Crippen LogP contribution in [0.15, 0.2) is 21.7 Å². The summed E-state index contributed by atoms with van der Waals surface area (Å²) in [4.78, 5) is 0. The molecule has 4 nitrogen and oxygen atoms in total. The quantitative estimate of drug-likeness (QED) is 0.860. The topological polar surface area (TPSA) is 63.4 Å². The molecule has 0 saturated carbocycles. The van der Waals surface area contributed by atoms with Crippen LogP contribution < -0.4 is 5.73 Å². The third-order valence-corrected chi connectivity index (χ3v) is 5.98. The maximum atomic E-state index is 12.1. The number of nitrogens with zero attached hydrogens (tertiary/aromatic N) is 1. The van der Waals surface area contributed by atoms with E-state index >= 15 is 0 Å². The van der Waals surface area contributed by atoms with Gasteiger partial charge < -0.3 is 5.73 Å². The Morgan fingerprint density at radius 1 is 1.60 bits per heavy atom. The van der Waals surface area contributed by atoms with Crippen molar-refractivity contribution in [3.05, 3.63) is 17.5 Å². The lowest BCUT2D eigenvalue weighted by atomic mass is 10.2. The minimum atomic E-state index is -3.28. The molecular formula is C9H14N2O2S2. The molecule has 0 aliphatic carbocycles. The highest BCUT2D eigenvalue weighted by Crippen LogP contribution is 2.27. The SMILES string of the molecule is NCC1CCCN1S(=O)(=O)c1cccs1. The standard InChI is InChI=1S/C9H14N2O2S2/c10-7-8-3-1-5-11(8)15(12,13)9-4-2-6-14-9/h2,4,6,8H,1,3,5,7,10H2. The molecule has 2 N–H and O–H groups in total. The summed E-state index contributed by atoms with van der Waals surface area (Å²) in [6.07, 6.45) is 1.79. The van der Waals surface area contributed by atoms with Gasteiger partial charge in [-0.05, 0) is 24.3 Å². The molecule has 6 heteroatoms. The predicted molar refractivity (Wildman–Crippen MR) is 60.3 cm³/mol. The molecule has 1 unspecified atom stereocenters. The van der Waals surface area contributed by atoms with Crippen molar-refractivity contribution < 1.29 is 8.42 Å². The average Bonchev–Trinajstić information content (AvgIpc) is 2.89. The van der Waals surface area contributed by atoms with Gasteiger partial charge in [0.05, 0.1) is 0 Å². The Bertz CT molecular complexity index is 413. The molecule has 1 aliphatic heterocycles. The first-order valence-corrected chi connectivity index (χ1v) is 7.23. The molecule has 2 rings (SSSR count). The van der Waals surface area contributed by atoms with Crippen molar-refractivity contribution in [3.8, 4) is 0 Å². The van der Waals surface area contributed by atoms with E-state index in [-0.39, 0.29) is 6.04 Å². The number of hydrogen-bond donors (Lipinski definition) is 1. The highest BCUT2D eigenvalue weighted by molar-refractivity contribution is 7.91. The second-order valence-electron chi connectivity index (χ2n) is 3.58. The van der Waals surface area contributed by atoms with Gasteiger partial charge in [0.25, 0.3) is 10.0 Å². The number of thiophene rings is 1. The predicted octanol–water partition coefficient (Wildman–Crippen LogP) is 0.860. The van der Waals surface area contributed by atoms with Gasteiger partial charge in [-0.3, -0.25) is 0 Å². The number of rotatable bonds is 3. The Kier molecular flexibility index (Phi) is 3.11. The number of nitrogens with two attached hydrogens (primary N) is 1. The molecule has 1 fully saturated rings. The van der Waals surface area contributed by atoms with Crippen molar-refractivity contribution >= 4 is 21.4 Å². The fraction of sp³-hybridized carbons (Fsp3) is 0.556. The van der Waals surface area contributed by atoms with E-state index in [1.165, 1.54) is 11.3 Å². The lowest BCUT2D eigenvalue weighted by molar-refractivity contribution is 0.394. The van der Waals surface area contributed by atoms with Crippen LogP contribution in [-0.4, -0.2) is 31.9 Å². The number of sulfonamides is 1. The van der Waals surface area contributed by atoms with Crippen molar-refractivity contribution in [2.45, 2.75) is 23.1 Å². The van der Waals surface area contributed by atoms with Gasteiger partial charge in [0.1, 0.15) is 4.21 Å². The molecule has 2 heterocycles. The zero-order valence-electron chi connectivity index (χ0n) is 8.30. The van der Waals surface area contributed by atoms with Gasteiger partial charge >= 0.3 is 0 Å². The number of hydrogen-bond acceptors (Lipinski definition) is 4. The van der Waals surface area contributed by atoms with Crippen LogP contribution in [0.3, 0.4) is 0 Å². The van der Waals surface area contributed by atoms with E-state index in [1.54, 1.807) is 21.8 Å². The molecule has 1 atom stereocenters. The highest BCUT2D eigenvalue weighted by atomic mass is 32.2. The summed E-state index contributed by atoms with van der Waals surface area (Å²) in [6.45, 7) is 1.01. The molecule has 84 valence electrons. The molecule has 1 aliphatic rings. The first kappa shape index (κ1) is 11.1. The molecule has 1 aromatic heterocycles. The lowest BCUT2D eigenvalue weighted by Crippen LogP contribution is -2.39. The summed E-state index contributed by atoms with van der Waals surface area (Å²) in [5.41, 5.74) is 5.57. The van der Waals surface area contributed by atoms with Crippen molar-refractivity contribution in [2.75, 3.05) is 13.1 Å². The summed E-state index contributed by atoms with van der Waals surface area (Å²) in [7, 11) is -3.28. The van der Waals surface area contributed by atoms with Crippen LogP contribution in [0, 0.1) is 0 Å². The highest BCUT2D eigenvalue weighted by Gasteiger charge is 2.34. The Labute approximate surface area is 93.8 Å². The molecular weight excluding hydrogens is 232 g/mol. The van der Waals surface area contributed by atoms with E-state index in [0.717, 1.165) is 12.8 Å². The third-order valence-electron chi connectivity index (χ3n) is 2.65. The Morgan fingerprint density at radius 2 is 2.40 bits per heavy atom. The summed E-state index contributed by atoms with van der Waals surface area (Å²) >= 11 is 1.26. The first-order valence-electron chi connectivity index (χ1n) is 4.91. The van der Waals surface area contributed by atoms with E-state index in [9.17, 15) is 8.42 Å². The van der Waals surface area contributed by atoms with Crippen molar-refractivity contribution in [3.63, 3.8) is 0 Å². The van der Waals surface area contributed by atoms with Gasteiger partial charge in [0, 0.05) is 19.1 Å². The van der Waals surface area contributed by atoms with E-state index in [4.69, 9.17) is 5.73 Å². The second kappa shape index (κ2) is 4.21. The molecule has 0 bridgehead atoms. The molecule has 1 aromatic rings. The Morgan fingerprint density at radius 3 is 3.00 bits per heavy atom. The summed E-state index contributed by atoms with van der Waals surface area (Å²) in [6, 6.07) is 3.38. The average molecular weight is 246 g/mol.